The van der Waals surface area contributed by atoms with Crippen molar-refractivity contribution in [1.82, 2.24) is 19.2 Å². The maximum absolute atomic E-state index is 14.3. The standard InChI is InChI=1S/C27H30Cl2F2N4O/c1-6-27(30,31)18-13-16(2)25-32-23(17(3)35(25)15-18)14-21-22(28)8-7-20(24(21)29)26(36)34-11-9-19(10-12-34)33(4)5/h6-8,13,15,19H,1,9-12,14H2,2-5H3. The lowest BCUT2D eigenvalue weighted by Gasteiger charge is -2.35. The van der Waals surface area contributed by atoms with Crippen LogP contribution in [0.2, 0.25) is 10.0 Å². The van der Waals surface area contributed by atoms with E-state index in [0.717, 1.165) is 12.8 Å². The molecule has 1 aliphatic rings. The number of alkyl halides is 2. The average Bonchev–Trinajstić information content (AvgIpc) is 3.17. The minimum atomic E-state index is -3.15. The summed E-state index contributed by atoms with van der Waals surface area (Å²) in [5, 5.41) is 0.726. The molecule has 0 bridgehead atoms. The first-order valence-corrected chi connectivity index (χ1v) is 12.6. The van der Waals surface area contributed by atoms with E-state index in [-0.39, 0.29) is 17.9 Å². The molecule has 9 heteroatoms. The number of pyridine rings is 1. The Hall–Kier alpha value is -2.48. The molecular weight excluding hydrogens is 505 g/mol. The number of fused-ring (bicyclic) bond motifs is 1. The highest BCUT2D eigenvalue weighted by Crippen LogP contribution is 2.34. The molecule has 1 aromatic carbocycles. The zero-order chi connectivity index (χ0) is 26.4. The van der Waals surface area contributed by atoms with Crippen molar-refractivity contribution in [1.29, 1.82) is 0 Å². The zero-order valence-corrected chi connectivity index (χ0v) is 22.4. The van der Waals surface area contributed by atoms with E-state index < -0.39 is 5.92 Å². The summed E-state index contributed by atoms with van der Waals surface area (Å²) >= 11 is 13.3. The Kier molecular flexibility index (Phi) is 7.47. The smallest absolute Gasteiger partial charge is 0.292 e. The van der Waals surface area contributed by atoms with Crippen LogP contribution >= 0.6 is 23.2 Å². The summed E-state index contributed by atoms with van der Waals surface area (Å²) in [6.45, 7) is 8.14. The molecule has 3 aromatic rings. The van der Waals surface area contributed by atoms with E-state index in [0.29, 0.717) is 69.0 Å². The Morgan fingerprint density at radius 2 is 1.92 bits per heavy atom. The van der Waals surface area contributed by atoms with E-state index in [4.69, 9.17) is 28.2 Å². The molecule has 192 valence electrons. The van der Waals surface area contributed by atoms with Crippen LogP contribution in [0.4, 0.5) is 8.78 Å². The third-order valence-corrected chi connectivity index (χ3v) is 7.91. The largest absolute Gasteiger partial charge is 0.338 e. The van der Waals surface area contributed by atoms with Crippen LogP contribution in [-0.2, 0) is 12.3 Å². The number of carbonyl (C=O) groups excluding carboxylic acids is 1. The summed E-state index contributed by atoms with van der Waals surface area (Å²) in [5.74, 6) is -3.27. The van der Waals surface area contributed by atoms with Crippen LogP contribution in [0.5, 0.6) is 0 Å². The van der Waals surface area contributed by atoms with E-state index in [1.165, 1.54) is 12.3 Å². The van der Waals surface area contributed by atoms with Gasteiger partial charge in [-0.3, -0.25) is 4.79 Å². The van der Waals surface area contributed by atoms with Gasteiger partial charge in [0, 0.05) is 48.0 Å². The van der Waals surface area contributed by atoms with E-state index in [1.807, 2.05) is 11.8 Å². The molecule has 3 heterocycles. The lowest BCUT2D eigenvalue weighted by Crippen LogP contribution is -2.44. The van der Waals surface area contributed by atoms with Crippen LogP contribution in [0.3, 0.4) is 0 Å². The molecule has 0 N–H and O–H groups in total. The minimum Gasteiger partial charge on any atom is -0.338 e. The van der Waals surface area contributed by atoms with Gasteiger partial charge in [0.1, 0.15) is 5.65 Å². The SMILES string of the molecule is C=CC(F)(F)c1cc(C)c2nc(Cc3c(Cl)ccc(C(=O)N4CCC(N(C)C)CC4)c3Cl)c(C)n2c1. The molecule has 0 aliphatic carbocycles. The van der Waals surface area contributed by atoms with Gasteiger partial charge in [-0.2, -0.15) is 8.78 Å². The second-order valence-electron chi connectivity index (χ2n) is 9.63. The van der Waals surface area contributed by atoms with Gasteiger partial charge in [0.15, 0.2) is 0 Å². The summed E-state index contributed by atoms with van der Waals surface area (Å²) < 4.78 is 30.2. The fraction of sp³-hybridized carbons (Fsp3) is 0.407. The molecular formula is C27H30Cl2F2N4O. The van der Waals surface area contributed by atoms with Gasteiger partial charge in [0.2, 0.25) is 0 Å². The Bertz CT molecular complexity index is 1330. The predicted octanol–water partition coefficient (Wildman–Crippen LogP) is 6.29. The van der Waals surface area contributed by atoms with Gasteiger partial charge >= 0.3 is 0 Å². The van der Waals surface area contributed by atoms with Crippen molar-refractivity contribution >= 4 is 34.8 Å². The van der Waals surface area contributed by atoms with Gasteiger partial charge < -0.3 is 14.2 Å². The number of aromatic nitrogens is 2. The number of nitrogens with zero attached hydrogens (tertiary/aromatic N) is 4. The van der Waals surface area contributed by atoms with Crippen molar-refractivity contribution in [3.8, 4) is 0 Å². The van der Waals surface area contributed by atoms with Gasteiger partial charge in [-0.1, -0.05) is 29.8 Å². The van der Waals surface area contributed by atoms with Crippen LogP contribution in [0, 0.1) is 13.8 Å². The second-order valence-corrected chi connectivity index (χ2v) is 10.4. The van der Waals surface area contributed by atoms with Gasteiger partial charge in [-0.15, -0.1) is 0 Å². The van der Waals surface area contributed by atoms with Crippen molar-refractivity contribution in [3.05, 3.63) is 80.7 Å². The van der Waals surface area contributed by atoms with E-state index in [2.05, 4.69) is 25.6 Å². The van der Waals surface area contributed by atoms with Crippen molar-refractivity contribution in [2.45, 2.75) is 45.1 Å². The molecule has 2 aromatic heterocycles. The fourth-order valence-corrected chi connectivity index (χ4v) is 5.37. The molecule has 0 saturated carbocycles. The molecule has 4 rings (SSSR count). The number of amides is 1. The number of aryl methyl sites for hydroxylation is 2. The van der Waals surface area contributed by atoms with Crippen LogP contribution in [0.25, 0.3) is 5.65 Å². The minimum absolute atomic E-state index is 0.117. The topological polar surface area (TPSA) is 40.9 Å². The molecule has 5 nitrogen and oxygen atoms in total. The highest BCUT2D eigenvalue weighted by atomic mass is 35.5. The monoisotopic (exact) mass is 534 g/mol. The lowest BCUT2D eigenvalue weighted by atomic mass is 10.0. The fourth-order valence-electron chi connectivity index (χ4n) is 4.79. The highest BCUT2D eigenvalue weighted by Gasteiger charge is 2.30. The van der Waals surface area contributed by atoms with Gasteiger partial charge in [-0.25, -0.2) is 4.98 Å². The number of carbonyl (C=O) groups is 1. The third kappa shape index (κ3) is 4.89. The molecule has 36 heavy (non-hydrogen) atoms. The van der Waals surface area contributed by atoms with Crippen molar-refractivity contribution < 1.29 is 13.6 Å². The number of imidazole rings is 1. The molecule has 0 atom stereocenters. The van der Waals surface area contributed by atoms with Crippen molar-refractivity contribution in [2.24, 2.45) is 0 Å². The maximum atomic E-state index is 14.3. The molecule has 0 radical (unpaired) electrons. The zero-order valence-electron chi connectivity index (χ0n) is 20.9. The molecule has 0 spiro atoms. The van der Waals surface area contributed by atoms with E-state index in [9.17, 15) is 13.6 Å². The number of hydrogen-bond acceptors (Lipinski definition) is 3. The van der Waals surface area contributed by atoms with Gasteiger partial charge in [-0.05, 0) is 76.2 Å². The van der Waals surface area contributed by atoms with Crippen molar-refractivity contribution in [3.63, 3.8) is 0 Å². The number of benzene rings is 1. The number of hydrogen-bond donors (Lipinski definition) is 0. The van der Waals surface area contributed by atoms with Crippen LogP contribution in [0.15, 0.2) is 37.1 Å². The molecule has 1 saturated heterocycles. The summed E-state index contributed by atoms with van der Waals surface area (Å²) in [7, 11) is 4.11. The molecule has 0 unspecified atom stereocenters. The molecule has 1 amide bonds. The first kappa shape index (κ1) is 26.6. The number of piperidine rings is 1. The van der Waals surface area contributed by atoms with Crippen LogP contribution in [0.1, 0.15) is 51.3 Å². The Morgan fingerprint density at radius 3 is 2.53 bits per heavy atom. The molecule has 1 fully saturated rings. The second kappa shape index (κ2) is 10.1. The number of allylic oxidation sites excluding steroid dienone is 1. The normalized spacial score (nSPS) is 15.2. The number of likely N-dealkylation sites (tertiary alicyclic amines) is 1. The van der Waals surface area contributed by atoms with Gasteiger partial charge in [0.25, 0.3) is 11.8 Å². The summed E-state index contributed by atoms with van der Waals surface area (Å²) in [6, 6.07) is 5.23. The van der Waals surface area contributed by atoms with E-state index in [1.54, 1.807) is 23.5 Å². The van der Waals surface area contributed by atoms with Crippen LogP contribution in [-0.4, -0.2) is 58.3 Å². The van der Waals surface area contributed by atoms with Crippen molar-refractivity contribution in [2.75, 3.05) is 27.2 Å². The number of halogens is 4. The summed E-state index contributed by atoms with van der Waals surface area (Å²) in [5.41, 5.74) is 3.39. The highest BCUT2D eigenvalue weighted by molar-refractivity contribution is 6.38. The Morgan fingerprint density at radius 1 is 1.25 bits per heavy atom. The lowest BCUT2D eigenvalue weighted by molar-refractivity contribution is 0.0520. The molecule has 1 aliphatic heterocycles. The van der Waals surface area contributed by atoms with E-state index >= 15 is 0 Å². The first-order valence-electron chi connectivity index (χ1n) is 11.9. The Balaban J connectivity index is 1.66. The third-order valence-electron chi connectivity index (χ3n) is 7.12. The van der Waals surface area contributed by atoms with Gasteiger partial charge in [0.05, 0.1) is 16.3 Å². The average molecular weight is 535 g/mol. The quantitative estimate of drug-likeness (QED) is 0.349. The number of rotatable bonds is 6. The van der Waals surface area contributed by atoms with Crippen LogP contribution < -0.4 is 0 Å². The first-order chi connectivity index (χ1) is 16.9. The summed E-state index contributed by atoms with van der Waals surface area (Å²) in [4.78, 5) is 22.0. The predicted molar refractivity (Wildman–Crippen MR) is 141 cm³/mol. The summed E-state index contributed by atoms with van der Waals surface area (Å²) in [6.07, 6.45) is 4.09. The maximum Gasteiger partial charge on any atom is 0.292 e. The Labute approximate surface area is 220 Å².